The Bertz CT molecular complexity index is 1260. The fraction of sp³-hybridized carbons (Fsp3) is 0.273. The second-order valence-electron chi connectivity index (χ2n) is 7.70. The number of methoxy groups -OCH3 is 1. The van der Waals surface area contributed by atoms with E-state index in [-0.39, 0.29) is 17.4 Å². The lowest BCUT2D eigenvalue weighted by Crippen LogP contribution is -2.06. The molecule has 2 aromatic carbocycles. The number of halogens is 1. The lowest BCUT2D eigenvalue weighted by molar-refractivity contribution is 0.0965. The molecule has 2 heterocycles. The zero-order valence-electron chi connectivity index (χ0n) is 17.7. The van der Waals surface area contributed by atoms with Crippen LogP contribution >= 0.6 is 0 Å². The second kappa shape index (κ2) is 8.17. The molecule has 4 aromatic rings. The molecule has 4 rings (SSSR count). The highest BCUT2D eigenvalue weighted by molar-refractivity contribution is 5.99. The first kappa shape index (κ1) is 20.5. The Hall–Kier alpha value is -3.75. The standard InChI is InChI=1S/C22H23FN6O2/c1-12(2)9-18(30)14-6-5-13(10-19(14)31-4)21-26-22(29(3)28-21)25-17-8-7-16-15(20(17)23)11-24-27-16/h5-8,10-12H,9H2,1-4H3,(H,24,27)(H,25,26,28). The van der Waals surface area contributed by atoms with Crippen molar-refractivity contribution in [1.29, 1.82) is 0 Å². The fourth-order valence-electron chi connectivity index (χ4n) is 3.36. The molecule has 9 heteroatoms. The third kappa shape index (κ3) is 3.98. The second-order valence-corrected chi connectivity index (χ2v) is 7.70. The highest BCUT2D eigenvalue weighted by Gasteiger charge is 2.18. The maximum atomic E-state index is 14.7. The molecule has 160 valence electrons. The molecule has 2 aromatic heterocycles. The molecule has 0 atom stereocenters. The molecule has 0 radical (unpaired) electrons. The molecule has 0 saturated heterocycles. The van der Waals surface area contributed by atoms with E-state index in [1.165, 1.54) is 18.0 Å². The average Bonchev–Trinajstić information content (AvgIpc) is 3.36. The monoisotopic (exact) mass is 422 g/mol. The van der Waals surface area contributed by atoms with Crippen LogP contribution < -0.4 is 10.1 Å². The summed E-state index contributed by atoms with van der Waals surface area (Å²) in [6.07, 6.45) is 1.88. The molecular formula is C22H23FN6O2. The Morgan fingerprint density at radius 1 is 1.29 bits per heavy atom. The minimum absolute atomic E-state index is 0.0276. The van der Waals surface area contributed by atoms with Gasteiger partial charge in [-0.3, -0.25) is 9.89 Å². The maximum absolute atomic E-state index is 14.7. The number of aryl methyl sites for hydroxylation is 1. The number of hydrogen-bond acceptors (Lipinski definition) is 6. The normalized spacial score (nSPS) is 11.3. The van der Waals surface area contributed by atoms with E-state index >= 15 is 0 Å². The molecule has 31 heavy (non-hydrogen) atoms. The van der Waals surface area contributed by atoms with E-state index in [9.17, 15) is 9.18 Å². The van der Waals surface area contributed by atoms with Crippen molar-refractivity contribution in [3.8, 4) is 17.1 Å². The number of carbonyl (C=O) groups is 1. The van der Waals surface area contributed by atoms with Gasteiger partial charge in [0.05, 0.1) is 35.5 Å². The van der Waals surface area contributed by atoms with Crippen molar-refractivity contribution in [1.82, 2.24) is 25.0 Å². The maximum Gasteiger partial charge on any atom is 0.226 e. The molecule has 0 aliphatic carbocycles. The van der Waals surface area contributed by atoms with E-state index in [4.69, 9.17) is 4.74 Å². The molecule has 0 unspecified atom stereocenters. The van der Waals surface area contributed by atoms with E-state index < -0.39 is 5.82 Å². The van der Waals surface area contributed by atoms with E-state index in [0.717, 1.165) is 0 Å². The third-order valence-electron chi connectivity index (χ3n) is 4.92. The molecular weight excluding hydrogens is 399 g/mol. The Morgan fingerprint density at radius 3 is 2.84 bits per heavy atom. The minimum Gasteiger partial charge on any atom is -0.496 e. The van der Waals surface area contributed by atoms with Gasteiger partial charge < -0.3 is 10.1 Å². The number of fused-ring (bicyclic) bond motifs is 1. The summed E-state index contributed by atoms with van der Waals surface area (Å²) in [5.41, 5.74) is 2.10. The lowest BCUT2D eigenvalue weighted by Gasteiger charge is -2.10. The number of anilines is 2. The summed E-state index contributed by atoms with van der Waals surface area (Å²) in [5.74, 6) is 1.13. The number of nitrogens with zero attached hydrogens (tertiary/aromatic N) is 4. The van der Waals surface area contributed by atoms with Crippen LogP contribution in [-0.2, 0) is 7.05 Å². The summed E-state index contributed by atoms with van der Waals surface area (Å²) in [6, 6.07) is 8.61. The SMILES string of the molecule is COc1cc(-c2nc(Nc3ccc4[nH]ncc4c3F)n(C)n2)ccc1C(=O)CC(C)C. The topological polar surface area (TPSA) is 97.7 Å². The number of rotatable bonds is 7. The molecule has 2 N–H and O–H groups in total. The summed E-state index contributed by atoms with van der Waals surface area (Å²) < 4.78 is 21.7. The summed E-state index contributed by atoms with van der Waals surface area (Å²) in [7, 11) is 3.24. The molecule has 0 amide bonds. The number of aromatic amines is 1. The van der Waals surface area contributed by atoms with Gasteiger partial charge in [-0.1, -0.05) is 19.9 Å². The first-order chi connectivity index (χ1) is 14.9. The largest absolute Gasteiger partial charge is 0.496 e. The molecule has 0 aliphatic heterocycles. The average molecular weight is 422 g/mol. The highest BCUT2D eigenvalue weighted by Crippen LogP contribution is 2.29. The van der Waals surface area contributed by atoms with Gasteiger partial charge in [-0.05, 0) is 30.2 Å². The van der Waals surface area contributed by atoms with Crippen LogP contribution in [0.2, 0.25) is 0 Å². The number of hydrogen-bond donors (Lipinski definition) is 2. The van der Waals surface area contributed by atoms with Gasteiger partial charge in [0.15, 0.2) is 17.4 Å². The van der Waals surface area contributed by atoms with Crippen LogP contribution in [0.15, 0.2) is 36.5 Å². The van der Waals surface area contributed by atoms with Gasteiger partial charge >= 0.3 is 0 Å². The van der Waals surface area contributed by atoms with Gasteiger partial charge in [0, 0.05) is 19.0 Å². The van der Waals surface area contributed by atoms with E-state index in [0.29, 0.717) is 46.0 Å². The van der Waals surface area contributed by atoms with Crippen molar-refractivity contribution < 1.29 is 13.9 Å². The van der Waals surface area contributed by atoms with Crippen molar-refractivity contribution in [3.05, 3.63) is 47.9 Å². The Labute approximate surface area is 178 Å². The van der Waals surface area contributed by atoms with E-state index in [1.807, 2.05) is 13.8 Å². The smallest absolute Gasteiger partial charge is 0.226 e. The van der Waals surface area contributed by atoms with Crippen molar-refractivity contribution in [2.24, 2.45) is 13.0 Å². The van der Waals surface area contributed by atoms with E-state index in [2.05, 4.69) is 25.6 Å². The van der Waals surface area contributed by atoms with Crippen molar-refractivity contribution in [3.63, 3.8) is 0 Å². The van der Waals surface area contributed by atoms with Gasteiger partial charge in [0.2, 0.25) is 5.95 Å². The predicted octanol–water partition coefficient (Wildman–Crippen LogP) is 4.48. The number of H-pyrrole nitrogens is 1. The van der Waals surface area contributed by atoms with Gasteiger partial charge in [0.25, 0.3) is 0 Å². The highest BCUT2D eigenvalue weighted by atomic mass is 19.1. The van der Waals surface area contributed by atoms with Crippen LogP contribution in [0.5, 0.6) is 5.75 Å². The predicted molar refractivity (Wildman–Crippen MR) is 116 cm³/mol. The molecule has 0 spiro atoms. The van der Waals surface area contributed by atoms with Crippen LogP contribution in [0.4, 0.5) is 16.0 Å². The van der Waals surface area contributed by atoms with Gasteiger partial charge in [0.1, 0.15) is 5.75 Å². The van der Waals surface area contributed by atoms with Gasteiger partial charge in [-0.2, -0.15) is 10.1 Å². The zero-order chi connectivity index (χ0) is 22.1. The number of ether oxygens (including phenoxy) is 1. The summed E-state index contributed by atoms with van der Waals surface area (Å²) in [6.45, 7) is 4.00. The zero-order valence-corrected chi connectivity index (χ0v) is 17.7. The Morgan fingerprint density at radius 2 is 2.10 bits per heavy atom. The van der Waals surface area contributed by atoms with Crippen LogP contribution in [0.25, 0.3) is 22.3 Å². The van der Waals surface area contributed by atoms with Gasteiger partial charge in [-0.15, -0.1) is 5.10 Å². The van der Waals surface area contributed by atoms with Crippen molar-refractivity contribution in [2.75, 3.05) is 12.4 Å². The number of nitrogens with one attached hydrogen (secondary N) is 2. The number of benzene rings is 2. The van der Waals surface area contributed by atoms with Crippen LogP contribution in [0.1, 0.15) is 30.6 Å². The van der Waals surface area contributed by atoms with Crippen LogP contribution in [-0.4, -0.2) is 37.9 Å². The summed E-state index contributed by atoms with van der Waals surface area (Å²) in [4.78, 5) is 17.0. The summed E-state index contributed by atoms with van der Waals surface area (Å²) in [5, 5.41) is 14.4. The Kier molecular flexibility index (Phi) is 5.41. The van der Waals surface area contributed by atoms with E-state index in [1.54, 1.807) is 37.4 Å². The minimum atomic E-state index is -0.425. The quantitative estimate of drug-likeness (QED) is 0.426. The lowest BCUT2D eigenvalue weighted by atomic mass is 9.99. The Balaban J connectivity index is 1.63. The van der Waals surface area contributed by atoms with Crippen LogP contribution in [0.3, 0.4) is 0 Å². The third-order valence-corrected chi connectivity index (χ3v) is 4.92. The van der Waals surface area contributed by atoms with Crippen molar-refractivity contribution in [2.45, 2.75) is 20.3 Å². The first-order valence-electron chi connectivity index (χ1n) is 9.88. The van der Waals surface area contributed by atoms with Crippen molar-refractivity contribution >= 4 is 28.3 Å². The number of carbonyl (C=O) groups excluding carboxylic acids is 1. The fourth-order valence-corrected chi connectivity index (χ4v) is 3.36. The molecule has 8 nitrogen and oxygen atoms in total. The summed E-state index contributed by atoms with van der Waals surface area (Å²) >= 11 is 0. The molecule has 0 saturated carbocycles. The number of ketones is 1. The molecule has 0 fully saturated rings. The molecule has 0 aliphatic rings. The number of aromatic nitrogens is 5. The first-order valence-corrected chi connectivity index (χ1v) is 9.88. The number of Topliss-reactive ketones (excluding diaryl/α,β-unsaturated/α-hetero) is 1. The molecule has 0 bridgehead atoms. The van der Waals surface area contributed by atoms with Gasteiger partial charge in [-0.25, -0.2) is 9.07 Å². The van der Waals surface area contributed by atoms with Crippen LogP contribution in [0, 0.1) is 11.7 Å².